The van der Waals surface area contributed by atoms with Crippen LogP contribution in [0.5, 0.6) is 5.75 Å². The first-order valence-electron chi connectivity index (χ1n) is 9.20. The van der Waals surface area contributed by atoms with Crippen molar-refractivity contribution in [3.8, 4) is 5.75 Å². The fourth-order valence-electron chi connectivity index (χ4n) is 3.06. The fourth-order valence-corrected chi connectivity index (χ4v) is 6.70. The highest BCUT2D eigenvalue weighted by molar-refractivity contribution is 9.11. The number of rotatable bonds is 7. The van der Waals surface area contributed by atoms with E-state index in [0.717, 1.165) is 10.2 Å². The number of hydrogen-bond donors (Lipinski definition) is 1. The molecule has 1 N–H and O–H groups in total. The first-order valence-corrected chi connectivity index (χ1v) is 12.2. The van der Waals surface area contributed by atoms with Gasteiger partial charge in [-0.1, -0.05) is 19.1 Å². The van der Waals surface area contributed by atoms with Gasteiger partial charge in [0.05, 0.1) is 16.1 Å². The van der Waals surface area contributed by atoms with Gasteiger partial charge in [0.15, 0.2) is 0 Å². The van der Waals surface area contributed by atoms with Gasteiger partial charge in [0.25, 0.3) is 10.0 Å². The summed E-state index contributed by atoms with van der Waals surface area (Å²) in [6.45, 7) is 3.29. The lowest BCUT2D eigenvalue weighted by molar-refractivity contribution is -0.120. The quantitative estimate of drug-likeness (QED) is 0.631. The minimum atomic E-state index is -3.50. The van der Waals surface area contributed by atoms with Gasteiger partial charge in [-0.05, 0) is 59.5 Å². The van der Waals surface area contributed by atoms with E-state index in [4.69, 9.17) is 4.74 Å². The zero-order valence-corrected chi connectivity index (χ0v) is 18.8. The predicted molar refractivity (Wildman–Crippen MR) is 114 cm³/mol. The van der Waals surface area contributed by atoms with E-state index >= 15 is 0 Å². The Morgan fingerprint density at radius 3 is 2.61 bits per heavy atom. The van der Waals surface area contributed by atoms with Gasteiger partial charge < -0.3 is 10.1 Å². The summed E-state index contributed by atoms with van der Waals surface area (Å²) in [5.74, 6) is 0.338. The smallest absolute Gasteiger partial charge is 0.252 e. The van der Waals surface area contributed by atoms with Crippen molar-refractivity contribution in [2.75, 3.05) is 25.0 Å². The molecule has 0 radical (unpaired) electrons. The number of anilines is 1. The summed E-state index contributed by atoms with van der Waals surface area (Å²) in [5.41, 5.74) is 0.652. The number of thiophene rings is 1. The Morgan fingerprint density at radius 2 is 1.96 bits per heavy atom. The molecule has 1 aromatic heterocycles. The van der Waals surface area contributed by atoms with Crippen LogP contribution in [0.4, 0.5) is 5.69 Å². The molecule has 1 aliphatic heterocycles. The maximum Gasteiger partial charge on any atom is 0.252 e. The summed E-state index contributed by atoms with van der Waals surface area (Å²) in [5, 5.41) is 2.94. The van der Waals surface area contributed by atoms with E-state index in [2.05, 4.69) is 21.2 Å². The first kappa shape index (κ1) is 21.3. The number of carbonyl (C=O) groups excluding carboxylic acids is 1. The Hall–Kier alpha value is -1.42. The molecule has 0 aliphatic carbocycles. The van der Waals surface area contributed by atoms with E-state index in [9.17, 15) is 13.2 Å². The van der Waals surface area contributed by atoms with Crippen LogP contribution in [0.15, 0.2) is 44.4 Å². The van der Waals surface area contributed by atoms with E-state index in [1.54, 1.807) is 12.1 Å². The van der Waals surface area contributed by atoms with Crippen molar-refractivity contribution in [3.63, 3.8) is 0 Å². The maximum atomic E-state index is 12.7. The van der Waals surface area contributed by atoms with Crippen LogP contribution in [-0.2, 0) is 14.8 Å². The highest BCUT2D eigenvalue weighted by Gasteiger charge is 2.33. The highest BCUT2D eigenvalue weighted by Crippen LogP contribution is 2.31. The monoisotopic (exact) mass is 486 g/mol. The van der Waals surface area contributed by atoms with Crippen LogP contribution in [0.3, 0.4) is 0 Å². The summed E-state index contributed by atoms with van der Waals surface area (Å²) < 4.78 is 33.7. The number of halogens is 1. The zero-order valence-electron chi connectivity index (χ0n) is 15.6. The number of sulfonamides is 1. The second-order valence-electron chi connectivity index (χ2n) is 6.57. The van der Waals surface area contributed by atoms with Crippen LogP contribution in [0.2, 0.25) is 0 Å². The van der Waals surface area contributed by atoms with Gasteiger partial charge in [-0.15, -0.1) is 11.3 Å². The van der Waals surface area contributed by atoms with Crippen molar-refractivity contribution in [2.45, 2.75) is 30.4 Å². The summed E-state index contributed by atoms with van der Waals surface area (Å²) in [6.07, 6.45) is 1.88. The minimum Gasteiger partial charge on any atom is -0.491 e. The van der Waals surface area contributed by atoms with Crippen molar-refractivity contribution in [1.29, 1.82) is 0 Å². The Kier molecular flexibility index (Phi) is 7.14. The molecule has 1 amide bonds. The molecule has 1 saturated heterocycles. The van der Waals surface area contributed by atoms with Gasteiger partial charge in [0, 0.05) is 19.0 Å². The SMILES string of the molecule is CCCOc1ccccc1NC(=O)C1CCN(S(=O)(=O)c2ccc(Br)s2)CC1. The number of hydrogen-bond acceptors (Lipinski definition) is 5. The Balaban J connectivity index is 1.60. The fraction of sp³-hybridized carbons (Fsp3) is 0.421. The van der Waals surface area contributed by atoms with Crippen LogP contribution in [0.1, 0.15) is 26.2 Å². The van der Waals surface area contributed by atoms with Gasteiger partial charge in [0.2, 0.25) is 5.91 Å². The van der Waals surface area contributed by atoms with Gasteiger partial charge in [-0.25, -0.2) is 8.42 Å². The summed E-state index contributed by atoms with van der Waals surface area (Å²) >= 11 is 4.50. The summed E-state index contributed by atoms with van der Waals surface area (Å²) in [6, 6.07) is 10.7. The zero-order chi connectivity index (χ0) is 20.1. The molecule has 9 heteroatoms. The molecule has 1 aromatic carbocycles. The second kappa shape index (κ2) is 9.39. The third-order valence-corrected chi connectivity index (χ3v) is 8.56. The highest BCUT2D eigenvalue weighted by atomic mass is 79.9. The van der Waals surface area contributed by atoms with Gasteiger partial charge >= 0.3 is 0 Å². The van der Waals surface area contributed by atoms with Crippen LogP contribution in [0.25, 0.3) is 0 Å². The lowest BCUT2D eigenvalue weighted by Gasteiger charge is -2.30. The summed E-state index contributed by atoms with van der Waals surface area (Å²) in [7, 11) is -3.50. The minimum absolute atomic E-state index is 0.0940. The van der Waals surface area contributed by atoms with E-state index < -0.39 is 10.0 Å². The number of piperidine rings is 1. The van der Waals surface area contributed by atoms with Gasteiger partial charge in [0.1, 0.15) is 9.96 Å². The molecule has 3 rings (SSSR count). The van der Waals surface area contributed by atoms with E-state index in [1.165, 1.54) is 15.6 Å². The van der Waals surface area contributed by atoms with Crippen molar-refractivity contribution < 1.29 is 17.9 Å². The van der Waals surface area contributed by atoms with E-state index in [1.807, 2.05) is 31.2 Å². The lowest BCUT2D eigenvalue weighted by atomic mass is 9.97. The molecular weight excluding hydrogens is 464 g/mol. The van der Waals surface area contributed by atoms with Gasteiger partial charge in [-0.3, -0.25) is 4.79 Å². The van der Waals surface area contributed by atoms with Crippen molar-refractivity contribution in [3.05, 3.63) is 40.2 Å². The van der Waals surface area contributed by atoms with E-state index in [0.29, 0.717) is 48.2 Å². The molecule has 0 saturated carbocycles. The summed E-state index contributed by atoms with van der Waals surface area (Å²) in [4.78, 5) is 12.7. The van der Waals surface area contributed by atoms with Crippen molar-refractivity contribution in [2.24, 2.45) is 5.92 Å². The molecule has 2 aromatic rings. The third kappa shape index (κ3) is 4.94. The van der Waals surface area contributed by atoms with Crippen molar-refractivity contribution in [1.82, 2.24) is 4.31 Å². The lowest BCUT2D eigenvalue weighted by Crippen LogP contribution is -2.41. The standard InChI is InChI=1S/C19H23BrN2O4S2/c1-2-13-26-16-6-4-3-5-15(16)21-19(23)14-9-11-22(12-10-14)28(24,25)18-8-7-17(20)27-18/h3-8,14H,2,9-13H2,1H3,(H,21,23). The Labute approximate surface area is 178 Å². The molecule has 0 spiro atoms. The Bertz CT molecular complexity index is 922. The first-order chi connectivity index (χ1) is 13.4. The molecule has 0 atom stereocenters. The average Bonchev–Trinajstić information content (AvgIpc) is 3.14. The predicted octanol–water partition coefficient (Wildman–Crippen LogP) is 4.34. The molecule has 152 valence electrons. The number of carbonyl (C=O) groups is 1. The molecule has 0 unspecified atom stereocenters. The molecular formula is C19H23BrN2O4S2. The number of amides is 1. The number of benzene rings is 1. The van der Waals surface area contributed by atoms with E-state index in [-0.39, 0.29) is 11.8 Å². The maximum absolute atomic E-state index is 12.7. The molecule has 28 heavy (non-hydrogen) atoms. The largest absolute Gasteiger partial charge is 0.491 e. The van der Waals surface area contributed by atoms with Crippen LogP contribution >= 0.6 is 27.3 Å². The molecule has 1 aliphatic rings. The van der Waals surface area contributed by atoms with Gasteiger partial charge in [-0.2, -0.15) is 4.31 Å². The topological polar surface area (TPSA) is 75.7 Å². The van der Waals surface area contributed by atoms with Crippen LogP contribution < -0.4 is 10.1 Å². The Morgan fingerprint density at radius 1 is 1.25 bits per heavy atom. The number of para-hydroxylation sites is 2. The number of ether oxygens (including phenoxy) is 1. The third-order valence-electron chi connectivity index (χ3n) is 4.57. The van der Waals surface area contributed by atoms with Crippen LogP contribution in [0, 0.1) is 5.92 Å². The second-order valence-corrected chi connectivity index (χ2v) is 11.2. The average molecular weight is 487 g/mol. The normalized spacial score (nSPS) is 16.1. The molecule has 2 heterocycles. The number of nitrogens with one attached hydrogen (secondary N) is 1. The molecule has 0 bridgehead atoms. The van der Waals surface area contributed by atoms with Crippen LogP contribution in [-0.4, -0.2) is 38.3 Å². The molecule has 1 fully saturated rings. The molecule has 6 nitrogen and oxygen atoms in total. The number of nitrogens with zero attached hydrogens (tertiary/aromatic N) is 1. The van der Waals surface area contributed by atoms with Crippen molar-refractivity contribution >= 4 is 48.9 Å².